The van der Waals surface area contributed by atoms with E-state index in [0.717, 1.165) is 9.87 Å². The summed E-state index contributed by atoms with van der Waals surface area (Å²) in [4.78, 5) is 12.1. The molecule has 2 rings (SSSR count). The summed E-state index contributed by atoms with van der Waals surface area (Å²) < 4.78 is 25.2. The molecule has 116 valence electrons. The molecule has 1 N–H and O–H groups in total. The fraction of sp³-hybridized carbons (Fsp3) is 0.143. The largest absolute Gasteiger partial charge is 0.271 e. The summed E-state index contributed by atoms with van der Waals surface area (Å²) in [6, 6.07) is 7.69. The van der Waals surface area contributed by atoms with Crippen LogP contribution in [-0.4, -0.2) is 38.9 Å². The number of thiophene rings is 1. The van der Waals surface area contributed by atoms with Crippen molar-refractivity contribution in [1.29, 1.82) is 0 Å². The predicted octanol–water partition coefficient (Wildman–Crippen LogP) is 1.76. The van der Waals surface area contributed by atoms with E-state index in [1.807, 2.05) is 16.8 Å². The summed E-state index contributed by atoms with van der Waals surface area (Å²) in [7, 11) is -0.697. The Morgan fingerprint density at radius 3 is 2.73 bits per heavy atom. The van der Waals surface area contributed by atoms with Gasteiger partial charge in [0, 0.05) is 25.2 Å². The molecule has 1 heterocycles. The maximum absolute atomic E-state index is 12.0. The summed E-state index contributed by atoms with van der Waals surface area (Å²) in [5.41, 5.74) is 3.48. The molecule has 6 nitrogen and oxygen atoms in total. The predicted molar refractivity (Wildman–Crippen MR) is 86.7 cm³/mol. The normalized spacial score (nSPS) is 12.0. The number of hydrazone groups is 1. The van der Waals surface area contributed by atoms with Gasteiger partial charge >= 0.3 is 0 Å². The number of amides is 1. The van der Waals surface area contributed by atoms with E-state index in [1.165, 1.54) is 55.9 Å². The minimum absolute atomic E-state index is 0.0620. The SMILES string of the molecule is CN(C)S(=O)(=O)c1cccc(C(=O)N/N=C\c2ccsc2)c1. The van der Waals surface area contributed by atoms with Gasteiger partial charge in [0.25, 0.3) is 5.91 Å². The van der Waals surface area contributed by atoms with Gasteiger partial charge in [0.15, 0.2) is 0 Å². The molecule has 0 bridgehead atoms. The Labute approximate surface area is 133 Å². The molecule has 1 aromatic heterocycles. The zero-order chi connectivity index (χ0) is 16.2. The number of carbonyl (C=O) groups is 1. The van der Waals surface area contributed by atoms with E-state index < -0.39 is 15.9 Å². The van der Waals surface area contributed by atoms with Crippen LogP contribution < -0.4 is 5.43 Å². The number of rotatable bonds is 5. The van der Waals surface area contributed by atoms with E-state index in [-0.39, 0.29) is 10.5 Å². The van der Waals surface area contributed by atoms with Crippen molar-refractivity contribution in [2.45, 2.75) is 4.90 Å². The summed E-state index contributed by atoms with van der Waals surface area (Å²) in [6.07, 6.45) is 1.52. The highest BCUT2D eigenvalue weighted by Crippen LogP contribution is 2.14. The minimum atomic E-state index is -3.57. The van der Waals surface area contributed by atoms with Crippen LogP contribution in [0, 0.1) is 0 Å². The van der Waals surface area contributed by atoms with Gasteiger partial charge in [-0.1, -0.05) is 6.07 Å². The highest BCUT2D eigenvalue weighted by Gasteiger charge is 2.18. The van der Waals surface area contributed by atoms with Crippen LogP contribution in [0.25, 0.3) is 0 Å². The molecule has 0 saturated carbocycles. The second-order valence-corrected chi connectivity index (χ2v) is 7.50. The zero-order valence-electron chi connectivity index (χ0n) is 12.1. The lowest BCUT2D eigenvalue weighted by Crippen LogP contribution is -2.23. The third-order valence-corrected chi connectivity index (χ3v) is 5.31. The first kappa shape index (κ1) is 16.3. The van der Waals surface area contributed by atoms with Crippen molar-refractivity contribution >= 4 is 33.5 Å². The Balaban J connectivity index is 2.14. The van der Waals surface area contributed by atoms with Crippen LogP contribution in [-0.2, 0) is 10.0 Å². The lowest BCUT2D eigenvalue weighted by molar-refractivity contribution is 0.0955. The molecule has 1 aromatic carbocycles. The van der Waals surface area contributed by atoms with E-state index in [9.17, 15) is 13.2 Å². The minimum Gasteiger partial charge on any atom is -0.267 e. The molecular weight excluding hydrogens is 322 g/mol. The Morgan fingerprint density at radius 2 is 2.09 bits per heavy atom. The van der Waals surface area contributed by atoms with Crippen molar-refractivity contribution < 1.29 is 13.2 Å². The summed E-state index contributed by atoms with van der Waals surface area (Å²) in [5.74, 6) is -0.470. The number of nitrogens with zero attached hydrogens (tertiary/aromatic N) is 2. The van der Waals surface area contributed by atoms with Gasteiger partial charge in [-0.3, -0.25) is 4.79 Å². The molecule has 0 unspecified atom stereocenters. The van der Waals surface area contributed by atoms with E-state index in [1.54, 1.807) is 0 Å². The molecule has 8 heteroatoms. The Hall–Kier alpha value is -2.03. The van der Waals surface area contributed by atoms with E-state index in [4.69, 9.17) is 0 Å². The highest BCUT2D eigenvalue weighted by atomic mass is 32.2. The quantitative estimate of drug-likeness (QED) is 0.667. The number of sulfonamides is 1. The van der Waals surface area contributed by atoms with Crippen molar-refractivity contribution in [3.63, 3.8) is 0 Å². The summed E-state index contributed by atoms with van der Waals surface area (Å²) in [5, 5.41) is 7.63. The molecule has 0 aliphatic heterocycles. The van der Waals surface area contributed by atoms with Gasteiger partial charge in [0.2, 0.25) is 10.0 Å². The van der Waals surface area contributed by atoms with Gasteiger partial charge in [0.05, 0.1) is 11.1 Å². The average molecular weight is 337 g/mol. The first-order chi connectivity index (χ1) is 10.4. The van der Waals surface area contributed by atoms with Gasteiger partial charge in [0.1, 0.15) is 0 Å². The van der Waals surface area contributed by atoms with Gasteiger partial charge in [-0.05, 0) is 35.0 Å². The lowest BCUT2D eigenvalue weighted by atomic mass is 10.2. The molecule has 22 heavy (non-hydrogen) atoms. The van der Waals surface area contributed by atoms with Crippen LogP contribution in [0.3, 0.4) is 0 Å². The first-order valence-corrected chi connectivity index (χ1v) is 8.68. The van der Waals surface area contributed by atoms with Gasteiger partial charge < -0.3 is 0 Å². The second-order valence-electron chi connectivity index (χ2n) is 4.57. The fourth-order valence-electron chi connectivity index (χ4n) is 1.59. The Bertz CT molecular complexity index is 781. The molecule has 2 aromatic rings. The van der Waals surface area contributed by atoms with Gasteiger partial charge in [-0.2, -0.15) is 16.4 Å². The standard InChI is InChI=1S/C14H15N3O3S2/c1-17(2)22(19,20)13-5-3-4-12(8-13)14(18)16-15-9-11-6-7-21-10-11/h3-10H,1-2H3,(H,16,18)/b15-9-. The molecule has 0 aliphatic rings. The van der Waals surface area contributed by atoms with Crippen LogP contribution in [0.5, 0.6) is 0 Å². The number of hydrogen-bond acceptors (Lipinski definition) is 5. The van der Waals surface area contributed by atoms with Crippen molar-refractivity contribution in [3.8, 4) is 0 Å². The maximum Gasteiger partial charge on any atom is 0.271 e. The number of benzene rings is 1. The average Bonchev–Trinajstić information content (AvgIpc) is 3.00. The molecule has 0 atom stereocenters. The highest BCUT2D eigenvalue weighted by molar-refractivity contribution is 7.89. The van der Waals surface area contributed by atoms with Crippen molar-refractivity contribution in [1.82, 2.24) is 9.73 Å². The third-order valence-electron chi connectivity index (χ3n) is 2.80. The lowest BCUT2D eigenvalue weighted by Gasteiger charge is -2.11. The molecule has 0 saturated heterocycles. The van der Waals surface area contributed by atoms with E-state index in [0.29, 0.717) is 0 Å². The van der Waals surface area contributed by atoms with E-state index in [2.05, 4.69) is 10.5 Å². The molecule has 0 spiro atoms. The molecule has 1 amide bonds. The summed E-state index contributed by atoms with van der Waals surface area (Å²) in [6.45, 7) is 0. The number of hydrogen-bond donors (Lipinski definition) is 1. The topological polar surface area (TPSA) is 78.8 Å². The van der Waals surface area contributed by atoms with Crippen LogP contribution in [0.4, 0.5) is 0 Å². The number of carbonyl (C=O) groups excluding carboxylic acids is 1. The van der Waals surface area contributed by atoms with E-state index >= 15 is 0 Å². The maximum atomic E-state index is 12.0. The molecule has 0 radical (unpaired) electrons. The van der Waals surface area contributed by atoms with Crippen LogP contribution in [0.1, 0.15) is 15.9 Å². The van der Waals surface area contributed by atoms with Crippen LogP contribution in [0.2, 0.25) is 0 Å². The van der Waals surface area contributed by atoms with Crippen LogP contribution in [0.15, 0.2) is 51.1 Å². The zero-order valence-corrected chi connectivity index (χ0v) is 13.7. The van der Waals surface area contributed by atoms with Gasteiger partial charge in [-0.15, -0.1) is 0 Å². The third kappa shape index (κ3) is 3.79. The Kier molecular flexibility index (Phi) is 5.07. The van der Waals surface area contributed by atoms with Crippen molar-refractivity contribution in [3.05, 3.63) is 52.2 Å². The monoisotopic (exact) mass is 337 g/mol. The van der Waals surface area contributed by atoms with Crippen molar-refractivity contribution in [2.75, 3.05) is 14.1 Å². The molecular formula is C14H15N3O3S2. The summed E-state index contributed by atoms with van der Waals surface area (Å²) >= 11 is 1.53. The fourth-order valence-corrected chi connectivity index (χ4v) is 3.15. The number of nitrogens with one attached hydrogen (secondary N) is 1. The van der Waals surface area contributed by atoms with Gasteiger partial charge in [-0.25, -0.2) is 18.1 Å². The molecule has 0 fully saturated rings. The second kappa shape index (κ2) is 6.82. The Morgan fingerprint density at radius 1 is 1.32 bits per heavy atom. The van der Waals surface area contributed by atoms with Crippen LogP contribution >= 0.6 is 11.3 Å². The first-order valence-electron chi connectivity index (χ1n) is 6.29. The van der Waals surface area contributed by atoms with Crippen molar-refractivity contribution in [2.24, 2.45) is 5.10 Å². The smallest absolute Gasteiger partial charge is 0.267 e. The molecule has 0 aliphatic carbocycles.